The van der Waals surface area contributed by atoms with E-state index in [9.17, 15) is 15.0 Å². The Morgan fingerprint density at radius 2 is 1.92 bits per heavy atom. The first-order chi connectivity index (χ1) is 11.2. The Morgan fingerprint density at radius 1 is 1.25 bits per heavy atom. The van der Waals surface area contributed by atoms with E-state index in [1.54, 1.807) is 6.92 Å². The molecule has 7 nitrogen and oxygen atoms in total. The van der Waals surface area contributed by atoms with E-state index in [2.05, 4.69) is 15.5 Å². The van der Waals surface area contributed by atoms with Crippen molar-refractivity contribution in [1.29, 1.82) is 0 Å². The number of pyridine rings is 1. The minimum Gasteiger partial charge on any atom is -0.508 e. The lowest BCUT2D eigenvalue weighted by molar-refractivity contribution is -0.379. The Bertz CT molecular complexity index is 856. The van der Waals surface area contributed by atoms with Crippen molar-refractivity contribution in [3.8, 4) is 11.5 Å². The smallest absolute Gasteiger partial charge is 0.337 e. The molecule has 1 amide bonds. The van der Waals surface area contributed by atoms with Crippen LogP contribution in [0.3, 0.4) is 0 Å². The largest absolute Gasteiger partial charge is 0.508 e. The van der Waals surface area contributed by atoms with Crippen molar-refractivity contribution in [3.63, 3.8) is 0 Å². The lowest BCUT2D eigenvalue weighted by Crippen LogP contribution is -2.29. The molecule has 0 unspecified atom stereocenters. The maximum Gasteiger partial charge on any atom is 0.337 e. The number of nitrogens with zero attached hydrogens (tertiary/aromatic N) is 1. The van der Waals surface area contributed by atoms with Gasteiger partial charge in [0, 0.05) is 11.6 Å². The molecule has 2 rings (SSSR count). The summed E-state index contributed by atoms with van der Waals surface area (Å²) < 4.78 is 0. The highest BCUT2D eigenvalue weighted by Crippen LogP contribution is 2.32. The molecular formula is C14H12Cl3N4O3+. The van der Waals surface area contributed by atoms with Crippen LogP contribution in [0.15, 0.2) is 23.3 Å². The molecule has 0 bridgehead atoms. The van der Waals surface area contributed by atoms with E-state index in [1.165, 1.54) is 12.1 Å². The average molecular weight is 391 g/mol. The molecule has 24 heavy (non-hydrogen) atoms. The number of nitrogens with two attached hydrogens (primary N) is 1. The highest BCUT2D eigenvalue weighted by molar-refractivity contribution is 6.45. The van der Waals surface area contributed by atoms with Crippen LogP contribution in [-0.4, -0.2) is 21.8 Å². The number of nitrogens with one attached hydrogen (secondary N) is 2. The number of benzene rings is 1. The molecule has 0 spiro atoms. The molecule has 0 atom stereocenters. The van der Waals surface area contributed by atoms with Gasteiger partial charge in [-0.1, -0.05) is 23.2 Å². The van der Waals surface area contributed by atoms with Gasteiger partial charge in [0.15, 0.2) is 0 Å². The molecule has 0 fully saturated rings. The molecule has 2 aromatic rings. The van der Waals surface area contributed by atoms with E-state index in [1.807, 2.05) is 0 Å². The van der Waals surface area contributed by atoms with Crippen LogP contribution in [0.25, 0.3) is 0 Å². The van der Waals surface area contributed by atoms with E-state index in [-0.39, 0.29) is 38.1 Å². The number of amides is 1. The molecule has 1 aromatic heterocycles. The Labute approximate surface area is 151 Å². The maximum atomic E-state index is 12.2. The van der Waals surface area contributed by atoms with Gasteiger partial charge in [-0.15, -0.1) is 0 Å². The van der Waals surface area contributed by atoms with Crippen molar-refractivity contribution < 1.29 is 20.0 Å². The summed E-state index contributed by atoms with van der Waals surface area (Å²) in [5.74, 6) is -0.988. The van der Waals surface area contributed by atoms with Crippen LogP contribution in [0.4, 0.5) is 5.69 Å². The number of aromatic amines is 1. The van der Waals surface area contributed by atoms with Crippen molar-refractivity contribution in [2.45, 2.75) is 6.92 Å². The van der Waals surface area contributed by atoms with Crippen molar-refractivity contribution >= 4 is 52.1 Å². The van der Waals surface area contributed by atoms with Gasteiger partial charge in [-0.05, 0) is 30.7 Å². The topological polar surface area (TPSA) is 122 Å². The van der Waals surface area contributed by atoms with Gasteiger partial charge in [0.2, 0.25) is 0 Å². The molecule has 0 aliphatic carbocycles. The van der Waals surface area contributed by atoms with Crippen LogP contribution in [0.5, 0.6) is 11.5 Å². The highest BCUT2D eigenvalue weighted by atomic mass is 35.5. The summed E-state index contributed by atoms with van der Waals surface area (Å²) in [6.45, 7) is 1.56. The summed E-state index contributed by atoms with van der Waals surface area (Å²) in [4.78, 5) is 14.7. The molecule has 126 valence electrons. The molecule has 1 aromatic carbocycles. The second-order valence-corrected chi connectivity index (χ2v) is 5.83. The van der Waals surface area contributed by atoms with Crippen LogP contribution < -0.4 is 16.1 Å². The summed E-state index contributed by atoms with van der Waals surface area (Å²) in [6, 6.07) is 3.98. The normalized spacial score (nSPS) is 11.4. The monoisotopic (exact) mass is 389 g/mol. The van der Waals surface area contributed by atoms with Crippen molar-refractivity contribution in [3.05, 3.63) is 44.7 Å². The van der Waals surface area contributed by atoms with Gasteiger partial charge < -0.3 is 15.9 Å². The van der Waals surface area contributed by atoms with E-state index < -0.39 is 5.91 Å². The van der Waals surface area contributed by atoms with Crippen LogP contribution in [0.2, 0.25) is 15.2 Å². The van der Waals surface area contributed by atoms with Crippen molar-refractivity contribution in [2.24, 2.45) is 5.10 Å². The Balaban J connectivity index is 2.27. The number of rotatable bonds is 3. The fourth-order valence-corrected chi connectivity index (χ4v) is 2.42. The van der Waals surface area contributed by atoms with Crippen molar-refractivity contribution in [2.75, 3.05) is 5.73 Å². The second kappa shape index (κ2) is 7.12. The number of anilines is 1. The summed E-state index contributed by atoms with van der Waals surface area (Å²) >= 11 is 17.6. The Morgan fingerprint density at radius 3 is 2.54 bits per heavy atom. The fourth-order valence-electron chi connectivity index (χ4n) is 1.80. The zero-order valence-corrected chi connectivity index (χ0v) is 14.5. The SMILES string of the molecule is C/C(=N\NC(=O)c1[nH+]c(Cl)c(Cl)c(N)c1Cl)c1ccc(O)cc1O. The molecule has 0 aliphatic heterocycles. The number of nitrogen functional groups attached to an aromatic ring is 1. The number of carbonyl (C=O) groups excluding carboxylic acids is 1. The number of hydrogen-bond donors (Lipinski definition) is 4. The zero-order chi connectivity index (χ0) is 18.0. The zero-order valence-electron chi connectivity index (χ0n) is 12.2. The second-order valence-electron chi connectivity index (χ2n) is 4.70. The van der Waals surface area contributed by atoms with Crippen molar-refractivity contribution in [1.82, 2.24) is 5.43 Å². The molecule has 1 heterocycles. The quantitative estimate of drug-likeness (QED) is 0.365. The number of hydrogen-bond acceptors (Lipinski definition) is 5. The van der Waals surface area contributed by atoms with Crippen LogP contribution in [-0.2, 0) is 0 Å². The summed E-state index contributed by atoms with van der Waals surface area (Å²) in [5, 5.41) is 22.8. The standard InChI is InChI=1S/C14H11Cl3N4O3/c1-5(7-3-2-6(22)4-8(7)23)20-21-14(24)12-9(15)11(18)10(16)13(17)19-12/h2-4,22-23H,1H3,(H2,18,19)(H,21,24)/p+1/b20-5+. The number of carbonyl (C=O) groups is 1. The molecule has 0 radical (unpaired) electrons. The number of phenols is 2. The first-order valence-corrected chi connectivity index (χ1v) is 7.58. The number of aromatic nitrogens is 1. The number of hydrazone groups is 1. The van der Waals surface area contributed by atoms with Gasteiger partial charge in [0.25, 0.3) is 10.8 Å². The molecule has 0 saturated carbocycles. The van der Waals surface area contributed by atoms with Gasteiger partial charge in [0.1, 0.15) is 21.5 Å². The van der Waals surface area contributed by atoms with Gasteiger partial charge in [-0.25, -0.2) is 5.43 Å². The lowest BCUT2D eigenvalue weighted by Gasteiger charge is -2.06. The minimum atomic E-state index is -0.706. The van der Waals surface area contributed by atoms with Gasteiger partial charge >= 0.3 is 5.91 Å². The lowest BCUT2D eigenvalue weighted by atomic mass is 10.1. The first kappa shape index (κ1) is 18.1. The molecule has 0 saturated heterocycles. The summed E-state index contributed by atoms with van der Waals surface area (Å²) in [6.07, 6.45) is 0. The number of H-pyrrole nitrogens is 1. The predicted octanol–water partition coefficient (Wildman–Crippen LogP) is 2.61. The summed E-state index contributed by atoms with van der Waals surface area (Å²) in [5.41, 5.74) is 8.39. The van der Waals surface area contributed by atoms with E-state index in [4.69, 9.17) is 40.5 Å². The van der Waals surface area contributed by atoms with Crippen LogP contribution in [0, 0.1) is 0 Å². The van der Waals surface area contributed by atoms with Gasteiger partial charge in [-0.2, -0.15) is 10.1 Å². The number of phenolic OH excluding ortho intramolecular Hbond substituents is 2. The fraction of sp³-hybridized carbons (Fsp3) is 0.0714. The van der Waals surface area contributed by atoms with Crippen LogP contribution in [0.1, 0.15) is 23.0 Å². The van der Waals surface area contributed by atoms with Gasteiger partial charge in [0.05, 0.1) is 11.4 Å². The average Bonchev–Trinajstić information content (AvgIpc) is 2.53. The van der Waals surface area contributed by atoms with E-state index >= 15 is 0 Å². The molecule has 10 heteroatoms. The first-order valence-electron chi connectivity index (χ1n) is 6.44. The third kappa shape index (κ3) is 3.64. The third-order valence-electron chi connectivity index (χ3n) is 3.04. The minimum absolute atomic E-state index is 0.00640. The van der Waals surface area contributed by atoms with E-state index in [0.29, 0.717) is 11.3 Å². The summed E-state index contributed by atoms with van der Waals surface area (Å²) in [7, 11) is 0. The third-order valence-corrected chi connectivity index (χ3v) is 4.21. The maximum absolute atomic E-state index is 12.2. The molecule has 0 aliphatic rings. The number of aromatic hydroxyl groups is 2. The van der Waals surface area contributed by atoms with E-state index in [0.717, 1.165) is 6.07 Å². The number of halogens is 3. The molecule has 6 N–H and O–H groups in total. The Hall–Kier alpha value is -2.22. The van der Waals surface area contributed by atoms with Crippen LogP contribution >= 0.6 is 34.8 Å². The van der Waals surface area contributed by atoms with Gasteiger partial charge in [-0.3, -0.25) is 4.79 Å². The molecular weight excluding hydrogens is 379 g/mol. The predicted molar refractivity (Wildman–Crippen MR) is 91.9 cm³/mol. The Kier molecular flexibility index (Phi) is 5.38. The highest BCUT2D eigenvalue weighted by Gasteiger charge is 2.26.